The molecule has 19 heavy (non-hydrogen) atoms. The lowest BCUT2D eigenvalue weighted by Crippen LogP contribution is -2.31. The summed E-state index contributed by atoms with van der Waals surface area (Å²) < 4.78 is 42.0. The summed E-state index contributed by atoms with van der Waals surface area (Å²) in [7, 11) is 1.43. The fourth-order valence-corrected chi connectivity index (χ4v) is 1.77. The Labute approximate surface area is 111 Å². The highest BCUT2D eigenvalue weighted by Gasteiger charge is 2.29. The van der Waals surface area contributed by atoms with Crippen LogP contribution in [-0.2, 0) is 13.1 Å². The van der Waals surface area contributed by atoms with Crippen molar-refractivity contribution in [3.63, 3.8) is 0 Å². The minimum Gasteiger partial charge on any atom is -0.468 e. The number of hydrogen-bond acceptors (Lipinski definition) is 3. The molecule has 1 rings (SSSR count). The van der Waals surface area contributed by atoms with Gasteiger partial charge in [-0.15, -0.1) is 0 Å². The maximum Gasteiger partial charge on any atom is 0.401 e. The van der Waals surface area contributed by atoms with Gasteiger partial charge in [0.15, 0.2) is 0 Å². The van der Waals surface area contributed by atoms with Crippen LogP contribution in [0.3, 0.4) is 0 Å². The van der Waals surface area contributed by atoms with Crippen LogP contribution in [0.1, 0.15) is 25.2 Å². The van der Waals surface area contributed by atoms with Crippen LogP contribution in [-0.4, -0.2) is 31.2 Å². The Morgan fingerprint density at radius 2 is 2.05 bits per heavy atom. The minimum absolute atomic E-state index is 0.158. The molecule has 0 amide bonds. The largest absolute Gasteiger partial charge is 0.468 e. The number of rotatable bonds is 7. The zero-order valence-corrected chi connectivity index (χ0v) is 11.5. The first kappa shape index (κ1) is 16.0. The van der Waals surface area contributed by atoms with E-state index in [2.05, 4.69) is 19.2 Å². The van der Waals surface area contributed by atoms with Crippen molar-refractivity contribution in [2.45, 2.75) is 33.1 Å². The molecule has 0 aliphatic carbocycles. The summed E-state index contributed by atoms with van der Waals surface area (Å²) in [6.07, 6.45) is -2.67. The Kier molecular flexibility index (Phi) is 5.87. The van der Waals surface area contributed by atoms with Gasteiger partial charge in [-0.05, 0) is 25.6 Å². The predicted molar refractivity (Wildman–Crippen MR) is 67.6 cm³/mol. The Hall–Kier alpha value is -1.01. The van der Waals surface area contributed by atoms with Crippen LogP contribution >= 0.6 is 0 Å². The topological polar surface area (TPSA) is 28.4 Å². The van der Waals surface area contributed by atoms with Crippen molar-refractivity contribution < 1.29 is 17.6 Å². The van der Waals surface area contributed by atoms with Crippen molar-refractivity contribution in [1.29, 1.82) is 0 Å². The normalized spacial score (nSPS) is 12.6. The van der Waals surface area contributed by atoms with Crippen molar-refractivity contribution in [2.24, 2.45) is 5.92 Å². The van der Waals surface area contributed by atoms with E-state index in [1.165, 1.54) is 18.2 Å². The highest BCUT2D eigenvalue weighted by atomic mass is 19.4. The summed E-state index contributed by atoms with van der Waals surface area (Å²) in [4.78, 5) is 1.20. The molecule has 1 heterocycles. The van der Waals surface area contributed by atoms with E-state index in [1.54, 1.807) is 6.07 Å². The molecule has 6 heteroatoms. The molecular weight excluding hydrogens is 257 g/mol. The zero-order chi connectivity index (χ0) is 14.5. The van der Waals surface area contributed by atoms with Gasteiger partial charge in [0.2, 0.25) is 0 Å². The Morgan fingerprint density at radius 3 is 2.63 bits per heavy atom. The molecule has 0 spiro atoms. The number of halogens is 3. The van der Waals surface area contributed by atoms with Gasteiger partial charge in [-0.1, -0.05) is 13.8 Å². The molecule has 0 bridgehead atoms. The van der Waals surface area contributed by atoms with Crippen LogP contribution in [0.15, 0.2) is 16.7 Å². The molecule has 1 N–H and O–H groups in total. The van der Waals surface area contributed by atoms with Crippen LogP contribution in [0.2, 0.25) is 0 Å². The first-order valence-electron chi connectivity index (χ1n) is 6.29. The van der Waals surface area contributed by atoms with E-state index in [0.717, 1.165) is 12.1 Å². The minimum atomic E-state index is -4.18. The number of nitrogens with one attached hydrogen (secondary N) is 1. The van der Waals surface area contributed by atoms with E-state index in [4.69, 9.17) is 4.42 Å². The molecule has 110 valence electrons. The predicted octanol–water partition coefficient (Wildman–Crippen LogP) is 3.02. The van der Waals surface area contributed by atoms with Gasteiger partial charge in [-0.2, -0.15) is 13.2 Å². The molecule has 0 aliphatic rings. The van der Waals surface area contributed by atoms with Gasteiger partial charge in [-0.3, -0.25) is 4.90 Å². The zero-order valence-electron chi connectivity index (χ0n) is 11.5. The first-order chi connectivity index (χ1) is 8.78. The second kappa shape index (κ2) is 6.96. The molecule has 3 nitrogen and oxygen atoms in total. The molecule has 0 unspecified atom stereocenters. The smallest absolute Gasteiger partial charge is 0.401 e. The molecule has 1 aromatic heterocycles. The average molecular weight is 278 g/mol. The Bertz CT molecular complexity index is 374. The van der Waals surface area contributed by atoms with Gasteiger partial charge in [0.25, 0.3) is 0 Å². The van der Waals surface area contributed by atoms with Gasteiger partial charge in [-0.25, -0.2) is 0 Å². The van der Waals surface area contributed by atoms with Crippen molar-refractivity contribution in [3.8, 4) is 0 Å². The molecular formula is C13H21F3N2O. The van der Waals surface area contributed by atoms with Gasteiger partial charge in [0.05, 0.1) is 19.4 Å². The summed E-state index contributed by atoms with van der Waals surface area (Å²) in [5.41, 5.74) is 0.912. The molecule has 0 fully saturated rings. The molecule has 0 atom stereocenters. The van der Waals surface area contributed by atoms with E-state index in [0.29, 0.717) is 18.2 Å². The Balaban J connectivity index is 2.48. The van der Waals surface area contributed by atoms with Crippen LogP contribution in [0, 0.1) is 5.92 Å². The first-order valence-corrected chi connectivity index (χ1v) is 6.29. The standard InChI is InChI=1S/C13H21F3N2O/c1-10(2)6-17-7-11-4-5-19-12(11)8-18(3)9-13(14,15)16/h4-5,10,17H,6-9H2,1-3H3. The van der Waals surface area contributed by atoms with Crippen molar-refractivity contribution >= 4 is 0 Å². The second-order valence-corrected chi connectivity index (χ2v) is 5.18. The number of furan rings is 1. The maximum absolute atomic E-state index is 12.2. The fraction of sp³-hybridized carbons (Fsp3) is 0.692. The third-order valence-electron chi connectivity index (χ3n) is 2.57. The summed E-state index contributed by atoms with van der Waals surface area (Å²) in [6, 6.07) is 1.80. The lowest BCUT2D eigenvalue weighted by atomic mass is 10.2. The second-order valence-electron chi connectivity index (χ2n) is 5.18. The molecule has 1 aromatic rings. The van der Waals surface area contributed by atoms with Crippen molar-refractivity contribution in [1.82, 2.24) is 10.2 Å². The van der Waals surface area contributed by atoms with Crippen molar-refractivity contribution in [2.75, 3.05) is 20.1 Å². The molecule has 0 saturated heterocycles. The number of alkyl halides is 3. The molecule has 0 radical (unpaired) electrons. The van der Waals surface area contributed by atoms with Crippen molar-refractivity contribution in [3.05, 3.63) is 23.7 Å². The SMILES string of the molecule is CC(C)CNCc1ccoc1CN(C)CC(F)(F)F. The van der Waals surface area contributed by atoms with Crippen LogP contribution in [0.5, 0.6) is 0 Å². The summed E-state index contributed by atoms with van der Waals surface area (Å²) >= 11 is 0. The van der Waals surface area contributed by atoms with E-state index >= 15 is 0 Å². The van der Waals surface area contributed by atoms with Crippen LogP contribution < -0.4 is 5.32 Å². The number of nitrogens with zero attached hydrogens (tertiary/aromatic N) is 1. The Morgan fingerprint density at radius 1 is 1.37 bits per heavy atom. The van der Waals surface area contributed by atoms with E-state index in [1.807, 2.05) is 0 Å². The van der Waals surface area contributed by atoms with Gasteiger partial charge < -0.3 is 9.73 Å². The van der Waals surface area contributed by atoms with E-state index < -0.39 is 12.7 Å². The molecule has 0 aliphatic heterocycles. The van der Waals surface area contributed by atoms with E-state index in [-0.39, 0.29) is 6.54 Å². The third-order valence-corrected chi connectivity index (χ3v) is 2.57. The van der Waals surface area contributed by atoms with Gasteiger partial charge >= 0.3 is 6.18 Å². The average Bonchev–Trinajstić information content (AvgIpc) is 2.62. The highest BCUT2D eigenvalue weighted by molar-refractivity contribution is 5.16. The lowest BCUT2D eigenvalue weighted by Gasteiger charge is -2.18. The van der Waals surface area contributed by atoms with Crippen LogP contribution in [0.25, 0.3) is 0 Å². The summed E-state index contributed by atoms with van der Waals surface area (Å²) in [5.74, 6) is 1.12. The van der Waals surface area contributed by atoms with Crippen LogP contribution in [0.4, 0.5) is 13.2 Å². The molecule has 0 saturated carbocycles. The fourth-order valence-electron chi connectivity index (χ4n) is 1.77. The quantitative estimate of drug-likeness (QED) is 0.831. The third kappa shape index (κ3) is 6.63. The number of hydrogen-bond donors (Lipinski definition) is 1. The summed E-state index contributed by atoms with van der Waals surface area (Å²) in [5, 5.41) is 3.25. The maximum atomic E-state index is 12.2. The van der Waals surface area contributed by atoms with Gasteiger partial charge in [0, 0.05) is 12.1 Å². The summed E-state index contributed by atoms with van der Waals surface area (Å²) in [6.45, 7) is 4.89. The molecule has 0 aromatic carbocycles. The monoisotopic (exact) mass is 278 g/mol. The van der Waals surface area contributed by atoms with E-state index in [9.17, 15) is 13.2 Å². The highest BCUT2D eigenvalue weighted by Crippen LogP contribution is 2.18. The van der Waals surface area contributed by atoms with Gasteiger partial charge in [0.1, 0.15) is 5.76 Å². The lowest BCUT2D eigenvalue weighted by molar-refractivity contribution is -0.144.